The van der Waals surface area contributed by atoms with E-state index in [4.69, 9.17) is 19.8 Å². The molecule has 6 heteroatoms. The van der Waals surface area contributed by atoms with E-state index in [0.29, 0.717) is 0 Å². The zero-order chi connectivity index (χ0) is 19.5. The van der Waals surface area contributed by atoms with Gasteiger partial charge in [-0.2, -0.15) is 0 Å². The summed E-state index contributed by atoms with van der Waals surface area (Å²) in [6, 6.07) is 10.0. The summed E-state index contributed by atoms with van der Waals surface area (Å²) in [6.45, 7) is 13.9. The third kappa shape index (κ3) is 27.0. The van der Waals surface area contributed by atoms with E-state index in [2.05, 4.69) is 26.3 Å². The van der Waals surface area contributed by atoms with Crippen LogP contribution in [0.1, 0.15) is 12.5 Å². The summed E-state index contributed by atoms with van der Waals surface area (Å²) in [6.07, 6.45) is 3.28. The van der Waals surface area contributed by atoms with E-state index in [-0.39, 0.29) is 5.57 Å². The molecule has 0 atom stereocenters. The second kappa shape index (κ2) is 17.6. The van der Waals surface area contributed by atoms with Gasteiger partial charge in [0.25, 0.3) is 0 Å². The van der Waals surface area contributed by atoms with Crippen molar-refractivity contribution in [2.24, 2.45) is 0 Å². The van der Waals surface area contributed by atoms with Gasteiger partial charge in [-0.1, -0.05) is 62.7 Å². The van der Waals surface area contributed by atoms with E-state index >= 15 is 0 Å². The summed E-state index contributed by atoms with van der Waals surface area (Å²) in [5, 5.41) is 27.8. The quantitative estimate of drug-likeness (QED) is 0.685. The largest absolute Gasteiger partial charge is 0.545 e. The molecule has 0 unspecified atom stereocenters. The van der Waals surface area contributed by atoms with Crippen LogP contribution in [0.2, 0.25) is 0 Å². The summed E-state index contributed by atoms with van der Waals surface area (Å²) in [7, 11) is 0. The molecule has 0 saturated heterocycles. The van der Waals surface area contributed by atoms with Crippen molar-refractivity contribution in [1.82, 2.24) is 0 Å². The Morgan fingerprint density at radius 1 is 0.875 bits per heavy atom. The first-order valence-corrected chi connectivity index (χ1v) is 6.33. The van der Waals surface area contributed by atoms with Gasteiger partial charge in [-0.15, -0.1) is 0 Å². The van der Waals surface area contributed by atoms with Crippen LogP contribution in [-0.2, 0) is 14.4 Å². The molecular formula is C18H19O6-3. The second-order valence-corrected chi connectivity index (χ2v) is 3.73. The maximum atomic E-state index is 9.49. The summed E-state index contributed by atoms with van der Waals surface area (Å²) in [5.41, 5.74) is 1.24. The third-order valence-corrected chi connectivity index (χ3v) is 1.72. The summed E-state index contributed by atoms with van der Waals surface area (Å²) >= 11 is 0. The molecule has 0 amide bonds. The topological polar surface area (TPSA) is 120 Å². The van der Waals surface area contributed by atoms with Crippen LogP contribution in [0.4, 0.5) is 0 Å². The van der Waals surface area contributed by atoms with Crippen LogP contribution in [0.25, 0.3) is 6.08 Å². The zero-order valence-corrected chi connectivity index (χ0v) is 13.4. The number of hydrogen-bond acceptors (Lipinski definition) is 6. The van der Waals surface area contributed by atoms with E-state index in [0.717, 1.165) is 12.2 Å². The fourth-order valence-corrected chi connectivity index (χ4v) is 0.589. The number of rotatable bonds is 4. The molecule has 0 spiro atoms. The zero-order valence-electron chi connectivity index (χ0n) is 13.4. The number of carbonyl (C=O) groups excluding carboxylic acids is 3. The lowest BCUT2D eigenvalue weighted by Gasteiger charge is -1.93. The Hall–Kier alpha value is -3.41. The molecule has 0 N–H and O–H groups in total. The molecule has 0 aliphatic rings. The SMILES string of the molecule is C=C(C)C(=O)[O-].C=CC(=O)[O-].C=CC(=O)[O-].C=Cc1ccccc1. The minimum atomic E-state index is -1.23. The maximum Gasteiger partial charge on any atom is 0.0666 e. The Morgan fingerprint density at radius 3 is 1.29 bits per heavy atom. The number of carboxylic acid groups (broad SMARTS) is 3. The lowest BCUT2D eigenvalue weighted by atomic mass is 10.2. The molecule has 1 aromatic rings. The molecular weight excluding hydrogens is 312 g/mol. The molecule has 0 aliphatic heterocycles. The number of carbonyl (C=O) groups is 3. The van der Waals surface area contributed by atoms with Gasteiger partial charge in [0.05, 0.1) is 17.9 Å². The molecule has 6 nitrogen and oxygen atoms in total. The molecule has 0 aromatic heterocycles. The van der Waals surface area contributed by atoms with Gasteiger partial charge in [0.15, 0.2) is 0 Å². The van der Waals surface area contributed by atoms with Crippen LogP contribution in [0.5, 0.6) is 0 Å². The van der Waals surface area contributed by atoms with Gasteiger partial charge in [0, 0.05) is 0 Å². The number of aliphatic carboxylic acids is 3. The van der Waals surface area contributed by atoms with Crippen molar-refractivity contribution in [2.45, 2.75) is 6.92 Å². The molecule has 0 radical (unpaired) electrons. The van der Waals surface area contributed by atoms with Crippen LogP contribution >= 0.6 is 0 Å². The lowest BCUT2D eigenvalue weighted by Crippen LogP contribution is -2.22. The van der Waals surface area contributed by atoms with E-state index in [1.165, 1.54) is 12.5 Å². The van der Waals surface area contributed by atoms with E-state index < -0.39 is 17.9 Å². The predicted octanol–water partition coefficient (Wildman–Crippen LogP) is -0.513. The van der Waals surface area contributed by atoms with Gasteiger partial charge in [-0.3, -0.25) is 0 Å². The van der Waals surface area contributed by atoms with Crippen molar-refractivity contribution in [1.29, 1.82) is 0 Å². The fraction of sp³-hybridized carbons (Fsp3) is 0.0556. The van der Waals surface area contributed by atoms with Crippen LogP contribution in [-0.4, -0.2) is 17.9 Å². The Labute approximate surface area is 141 Å². The van der Waals surface area contributed by atoms with Gasteiger partial charge < -0.3 is 29.7 Å². The number of benzene rings is 1. The Bertz CT molecular complexity index is 528. The first kappa shape index (κ1) is 25.5. The van der Waals surface area contributed by atoms with Gasteiger partial charge in [-0.05, 0) is 30.2 Å². The monoisotopic (exact) mass is 331 g/mol. The average Bonchev–Trinajstić information content (AvgIpc) is 2.57. The summed E-state index contributed by atoms with van der Waals surface area (Å²) < 4.78 is 0. The van der Waals surface area contributed by atoms with Crippen LogP contribution in [0.15, 0.2) is 74.4 Å². The third-order valence-electron chi connectivity index (χ3n) is 1.72. The molecule has 0 bridgehead atoms. The fourth-order valence-electron chi connectivity index (χ4n) is 0.589. The molecule has 0 saturated carbocycles. The molecule has 24 heavy (non-hydrogen) atoms. The van der Waals surface area contributed by atoms with Crippen molar-refractivity contribution in [2.75, 3.05) is 0 Å². The van der Waals surface area contributed by atoms with Crippen molar-refractivity contribution in [3.63, 3.8) is 0 Å². The van der Waals surface area contributed by atoms with E-state index in [1.54, 1.807) is 0 Å². The number of carboxylic acids is 3. The minimum Gasteiger partial charge on any atom is -0.545 e. The van der Waals surface area contributed by atoms with Crippen LogP contribution in [0, 0.1) is 0 Å². The highest BCUT2D eigenvalue weighted by molar-refractivity contribution is 5.82. The van der Waals surface area contributed by atoms with Crippen molar-refractivity contribution in [3.8, 4) is 0 Å². The van der Waals surface area contributed by atoms with Gasteiger partial charge in [-0.25, -0.2) is 0 Å². The Kier molecular flexibility index (Phi) is 18.8. The van der Waals surface area contributed by atoms with E-state index in [9.17, 15) is 9.90 Å². The van der Waals surface area contributed by atoms with Crippen LogP contribution in [0.3, 0.4) is 0 Å². The average molecular weight is 331 g/mol. The Balaban J connectivity index is -0.000000252. The van der Waals surface area contributed by atoms with Crippen molar-refractivity contribution in [3.05, 3.63) is 79.9 Å². The number of hydrogen-bond donors (Lipinski definition) is 0. The molecule has 0 aliphatic carbocycles. The summed E-state index contributed by atoms with van der Waals surface area (Å²) in [4.78, 5) is 27.8. The first-order valence-electron chi connectivity index (χ1n) is 6.33. The van der Waals surface area contributed by atoms with Crippen molar-refractivity contribution < 1.29 is 29.7 Å². The first-order chi connectivity index (χ1) is 11.1. The Morgan fingerprint density at radius 2 is 1.17 bits per heavy atom. The van der Waals surface area contributed by atoms with Gasteiger partial charge in [0.2, 0.25) is 0 Å². The normalized spacial score (nSPS) is 7.38. The highest BCUT2D eigenvalue weighted by Gasteiger charge is 1.76. The minimum absolute atomic E-state index is 0.0648. The molecule has 0 heterocycles. The van der Waals surface area contributed by atoms with Gasteiger partial charge >= 0.3 is 0 Å². The highest BCUT2D eigenvalue weighted by atomic mass is 16.4. The molecule has 0 fully saturated rings. The molecule has 1 aromatic carbocycles. The second-order valence-electron chi connectivity index (χ2n) is 3.73. The predicted molar refractivity (Wildman–Crippen MR) is 86.8 cm³/mol. The molecule has 1 rings (SSSR count). The van der Waals surface area contributed by atoms with Crippen molar-refractivity contribution >= 4 is 24.0 Å². The molecule has 130 valence electrons. The maximum absolute atomic E-state index is 9.49. The lowest BCUT2D eigenvalue weighted by molar-refractivity contribution is -0.300. The smallest absolute Gasteiger partial charge is 0.0666 e. The van der Waals surface area contributed by atoms with Crippen LogP contribution < -0.4 is 15.3 Å². The van der Waals surface area contributed by atoms with E-state index in [1.807, 2.05) is 36.4 Å². The summed E-state index contributed by atoms with van der Waals surface area (Å²) in [5.74, 6) is -3.65. The highest BCUT2D eigenvalue weighted by Crippen LogP contribution is 1.97. The standard InChI is InChI=1S/C8H8.C4H6O2.2C3H4O2/c1-2-8-6-4-3-5-7-8;1-3(2)4(5)6;2*1-2-3(4)5/h2-7H,1H2;1H2,2H3,(H,5,6);2*2H,1H2,(H,4,5)/p-3. The van der Waals surface area contributed by atoms with Gasteiger partial charge in [0.1, 0.15) is 0 Å².